The first kappa shape index (κ1) is 21.4. The third-order valence-electron chi connectivity index (χ3n) is 5.03. The minimum atomic E-state index is -1.02. The predicted molar refractivity (Wildman–Crippen MR) is 120 cm³/mol. The first-order chi connectivity index (χ1) is 15.6. The van der Waals surface area contributed by atoms with E-state index in [1.165, 1.54) is 12.3 Å². The number of para-hydroxylation sites is 2. The molecule has 2 N–H and O–H groups in total. The number of carboxylic acids is 1. The summed E-state index contributed by atoms with van der Waals surface area (Å²) in [5.74, 6) is 2.25. The number of carbonyl (C=O) groups is 1. The van der Waals surface area contributed by atoms with Crippen molar-refractivity contribution in [3.05, 3.63) is 60.6 Å². The minimum Gasteiger partial charge on any atom is -0.490 e. The summed E-state index contributed by atoms with van der Waals surface area (Å²) in [6, 6.07) is 10.8. The van der Waals surface area contributed by atoms with Crippen LogP contribution in [0.25, 0.3) is 0 Å². The molecule has 1 aromatic carbocycles. The number of rotatable bonds is 8. The molecule has 3 heterocycles. The Morgan fingerprint density at radius 1 is 1.16 bits per heavy atom. The summed E-state index contributed by atoms with van der Waals surface area (Å²) in [6.45, 7) is 4.08. The van der Waals surface area contributed by atoms with Crippen LogP contribution >= 0.6 is 0 Å². The predicted octanol–water partition coefficient (Wildman–Crippen LogP) is 3.76. The molecule has 32 heavy (non-hydrogen) atoms. The zero-order chi connectivity index (χ0) is 22.3. The van der Waals surface area contributed by atoms with Gasteiger partial charge in [0.15, 0.2) is 17.3 Å². The van der Waals surface area contributed by atoms with Crippen LogP contribution in [0.1, 0.15) is 30.1 Å². The van der Waals surface area contributed by atoms with Gasteiger partial charge in [0.1, 0.15) is 17.7 Å². The summed E-state index contributed by atoms with van der Waals surface area (Å²) in [4.78, 5) is 26.2. The zero-order valence-electron chi connectivity index (χ0n) is 17.8. The molecule has 4 rings (SSSR count). The maximum atomic E-state index is 11.0. The number of aromatic nitrogens is 3. The van der Waals surface area contributed by atoms with Gasteiger partial charge in [-0.25, -0.2) is 14.8 Å². The number of nitrogens with zero attached hydrogens (tertiary/aromatic N) is 4. The lowest BCUT2D eigenvalue weighted by atomic mass is 10.1. The number of pyridine rings is 1. The fraction of sp³-hybridized carbons (Fsp3) is 0.304. The Hall–Kier alpha value is -3.88. The quantitative estimate of drug-likeness (QED) is 0.546. The first-order valence-electron chi connectivity index (χ1n) is 10.5. The van der Waals surface area contributed by atoms with Crippen molar-refractivity contribution in [3.8, 4) is 11.5 Å². The number of hydrogen-bond donors (Lipinski definition) is 2. The maximum Gasteiger partial charge on any atom is 0.337 e. The molecule has 0 radical (unpaired) electrons. The van der Waals surface area contributed by atoms with Gasteiger partial charge < -0.3 is 24.8 Å². The van der Waals surface area contributed by atoms with E-state index in [0.29, 0.717) is 24.8 Å². The fourth-order valence-corrected chi connectivity index (χ4v) is 3.54. The summed E-state index contributed by atoms with van der Waals surface area (Å²) in [7, 11) is 0. The van der Waals surface area contributed by atoms with Gasteiger partial charge in [-0.05, 0) is 44.0 Å². The van der Waals surface area contributed by atoms with E-state index >= 15 is 0 Å². The van der Waals surface area contributed by atoms with Gasteiger partial charge in [-0.2, -0.15) is 0 Å². The van der Waals surface area contributed by atoms with Crippen molar-refractivity contribution in [1.82, 2.24) is 15.0 Å². The lowest BCUT2D eigenvalue weighted by Gasteiger charge is -2.33. The molecule has 1 aliphatic rings. The third kappa shape index (κ3) is 5.23. The second-order valence-electron chi connectivity index (χ2n) is 7.33. The first-order valence-corrected chi connectivity index (χ1v) is 10.5. The van der Waals surface area contributed by atoms with E-state index in [1.54, 1.807) is 18.5 Å². The van der Waals surface area contributed by atoms with E-state index < -0.39 is 5.97 Å². The van der Waals surface area contributed by atoms with E-state index in [4.69, 9.17) is 14.6 Å². The molecule has 3 aromatic rings. The SMILES string of the molecule is CCOc1ccccc1OC1CCCN(c2cncc(Nc3ccc(C(=O)O)cn3)n2)C1. The Labute approximate surface area is 186 Å². The number of anilines is 3. The molecular weight excluding hydrogens is 410 g/mol. The van der Waals surface area contributed by atoms with Crippen molar-refractivity contribution in [2.24, 2.45) is 0 Å². The molecule has 0 saturated carbocycles. The molecule has 1 fully saturated rings. The molecular formula is C23H25N5O4. The van der Waals surface area contributed by atoms with Crippen LogP contribution in [0.3, 0.4) is 0 Å². The van der Waals surface area contributed by atoms with E-state index in [2.05, 4.69) is 25.2 Å². The summed E-state index contributed by atoms with van der Waals surface area (Å²) >= 11 is 0. The largest absolute Gasteiger partial charge is 0.490 e. The van der Waals surface area contributed by atoms with Crippen molar-refractivity contribution in [3.63, 3.8) is 0 Å². The van der Waals surface area contributed by atoms with Gasteiger partial charge in [0.25, 0.3) is 0 Å². The molecule has 1 aliphatic heterocycles. The summed E-state index contributed by atoms with van der Waals surface area (Å²) < 4.78 is 11.9. The zero-order valence-corrected chi connectivity index (χ0v) is 17.8. The highest BCUT2D eigenvalue weighted by molar-refractivity contribution is 5.87. The fourth-order valence-electron chi connectivity index (χ4n) is 3.54. The van der Waals surface area contributed by atoms with Gasteiger partial charge in [-0.1, -0.05) is 12.1 Å². The standard InChI is InChI=1S/C23H25N5O4/c1-2-31-18-7-3-4-8-19(18)32-17-6-5-11-28(15-17)22-14-24-13-21(27-22)26-20-10-9-16(12-25-20)23(29)30/h3-4,7-10,12-14,17H,2,5-6,11,15H2,1H3,(H,29,30)(H,25,26,27). The topological polar surface area (TPSA) is 110 Å². The van der Waals surface area contributed by atoms with Crippen LogP contribution in [0.2, 0.25) is 0 Å². The highest BCUT2D eigenvalue weighted by Gasteiger charge is 2.24. The second kappa shape index (κ2) is 9.95. The number of ether oxygens (including phenoxy) is 2. The molecule has 1 unspecified atom stereocenters. The molecule has 1 atom stereocenters. The average Bonchev–Trinajstić information content (AvgIpc) is 2.81. The highest BCUT2D eigenvalue weighted by Crippen LogP contribution is 2.30. The third-order valence-corrected chi connectivity index (χ3v) is 5.03. The van der Waals surface area contributed by atoms with Gasteiger partial charge in [0, 0.05) is 12.7 Å². The molecule has 166 valence electrons. The van der Waals surface area contributed by atoms with Gasteiger partial charge in [0.05, 0.1) is 31.1 Å². The number of nitrogens with one attached hydrogen (secondary N) is 1. The molecule has 2 aromatic heterocycles. The number of aromatic carboxylic acids is 1. The number of carboxylic acid groups (broad SMARTS) is 1. The Balaban J connectivity index is 1.43. The Bertz CT molecular complexity index is 1060. The molecule has 0 aliphatic carbocycles. The lowest BCUT2D eigenvalue weighted by molar-refractivity contribution is 0.0696. The monoisotopic (exact) mass is 435 g/mol. The van der Waals surface area contributed by atoms with Gasteiger partial charge >= 0.3 is 5.97 Å². The van der Waals surface area contributed by atoms with E-state index in [9.17, 15) is 4.79 Å². The summed E-state index contributed by atoms with van der Waals surface area (Å²) in [5.41, 5.74) is 0.126. The molecule has 9 heteroatoms. The highest BCUT2D eigenvalue weighted by atomic mass is 16.5. The van der Waals surface area contributed by atoms with Crippen molar-refractivity contribution in [2.45, 2.75) is 25.9 Å². The number of benzene rings is 1. The van der Waals surface area contributed by atoms with Gasteiger partial charge in [-0.3, -0.25) is 4.98 Å². The molecule has 9 nitrogen and oxygen atoms in total. The van der Waals surface area contributed by atoms with E-state index in [-0.39, 0.29) is 11.7 Å². The Morgan fingerprint density at radius 3 is 2.75 bits per heavy atom. The summed E-state index contributed by atoms with van der Waals surface area (Å²) in [6.07, 6.45) is 6.55. The number of hydrogen-bond acceptors (Lipinski definition) is 8. The molecule has 1 saturated heterocycles. The van der Waals surface area contributed by atoms with E-state index in [1.807, 2.05) is 31.2 Å². The Kier molecular flexibility index (Phi) is 6.64. The normalized spacial score (nSPS) is 15.8. The van der Waals surface area contributed by atoms with Crippen LogP contribution in [-0.4, -0.2) is 51.8 Å². The Morgan fingerprint density at radius 2 is 2.00 bits per heavy atom. The lowest BCUT2D eigenvalue weighted by Crippen LogP contribution is -2.41. The van der Waals surface area contributed by atoms with Crippen molar-refractivity contribution >= 4 is 23.4 Å². The second-order valence-corrected chi connectivity index (χ2v) is 7.33. The van der Waals surface area contributed by atoms with Crippen LogP contribution in [-0.2, 0) is 0 Å². The van der Waals surface area contributed by atoms with Crippen LogP contribution in [0.5, 0.6) is 11.5 Å². The van der Waals surface area contributed by atoms with Crippen molar-refractivity contribution in [2.75, 3.05) is 29.9 Å². The maximum absolute atomic E-state index is 11.0. The average molecular weight is 435 g/mol. The molecule has 0 amide bonds. The van der Waals surface area contributed by atoms with Crippen LogP contribution in [0.15, 0.2) is 55.0 Å². The van der Waals surface area contributed by atoms with Crippen molar-refractivity contribution in [1.29, 1.82) is 0 Å². The smallest absolute Gasteiger partial charge is 0.337 e. The van der Waals surface area contributed by atoms with Crippen molar-refractivity contribution < 1.29 is 19.4 Å². The molecule has 0 spiro atoms. The minimum absolute atomic E-state index is 0.00833. The summed E-state index contributed by atoms with van der Waals surface area (Å²) in [5, 5.41) is 12.1. The van der Waals surface area contributed by atoms with Crippen LogP contribution in [0.4, 0.5) is 17.5 Å². The van der Waals surface area contributed by atoms with Crippen LogP contribution < -0.4 is 19.7 Å². The van der Waals surface area contributed by atoms with Gasteiger partial charge in [0.2, 0.25) is 0 Å². The molecule has 0 bridgehead atoms. The van der Waals surface area contributed by atoms with Crippen LogP contribution in [0, 0.1) is 0 Å². The van der Waals surface area contributed by atoms with Gasteiger partial charge in [-0.15, -0.1) is 0 Å². The number of piperidine rings is 1. The van der Waals surface area contributed by atoms with E-state index in [0.717, 1.165) is 36.7 Å².